The van der Waals surface area contributed by atoms with Gasteiger partial charge in [0.05, 0.1) is 38.9 Å². The lowest BCUT2D eigenvalue weighted by Crippen LogP contribution is -3.13. The first-order chi connectivity index (χ1) is 10.2. The van der Waals surface area contributed by atoms with E-state index in [2.05, 4.69) is 11.7 Å². The van der Waals surface area contributed by atoms with Gasteiger partial charge in [0.1, 0.15) is 5.75 Å². The second-order valence-corrected chi connectivity index (χ2v) is 5.92. The minimum absolute atomic E-state index is 0.315. The molecule has 0 spiro atoms. The second kappa shape index (κ2) is 8.03. The Morgan fingerprint density at radius 2 is 2.10 bits per heavy atom. The van der Waals surface area contributed by atoms with E-state index >= 15 is 0 Å². The molecule has 0 aromatic heterocycles. The van der Waals surface area contributed by atoms with Crippen LogP contribution in [0.1, 0.15) is 36.5 Å². The molecular formula is C17H26NO3+. The first-order valence-corrected chi connectivity index (χ1v) is 7.84. The summed E-state index contributed by atoms with van der Waals surface area (Å²) in [5.41, 5.74) is 0.552. The molecule has 0 aliphatic carbocycles. The van der Waals surface area contributed by atoms with Gasteiger partial charge in [-0.15, -0.1) is 0 Å². The van der Waals surface area contributed by atoms with Crippen molar-refractivity contribution in [2.75, 3.05) is 33.4 Å². The third-order valence-corrected chi connectivity index (χ3v) is 4.08. The van der Waals surface area contributed by atoms with Crippen LogP contribution in [0.5, 0.6) is 5.75 Å². The molecule has 1 N–H and O–H groups in total. The molecule has 1 aromatic rings. The molecule has 1 aliphatic rings. The molecule has 4 nitrogen and oxygen atoms in total. The van der Waals surface area contributed by atoms with E-state index in [4.69, 9.17) is 4.74 Å². The van der Waals surface area contributed by atoms with Crippen LogP contribution in [-0.2, 0) is 4.74 Å². The summed E-state index contributed by atoms with van der Waals surface area (Å²) in [6.07, 6.45) is 3.81. The van der Waals surface area contributed by atoms with Crippen molar-refractivity contribution in [2.45, 2.75) is 26.2 Å². The van der Waals surface area contributed by atoms with E-state index in [1.807, 2.05) is 12.1 Å². The molecule has 1 heterocycles. The lowest BCUT2D eigenvalue weighted by atomic mass is 10.0. The Hall–Kier alpha value is -1.55. The van der Waals surface area contributed by atoms with Crippen LogP contribution >= 0.6 is 0 Å². The summed E-state index contributed by atoms with van der Waals surface area (Å²) in [5, 5.41) is 0. The van der Waals surface area contributed by atoms with E-state index in [0.29, 0.717) is 5.56 Å². The van der Waals surface area contributed by atoms with Gasteiger partial charge >= 0.3 is 5.97 Å². The molecule has 21 heavy (non-hydrogen) atoms. The molecule has 2 atom stereocenters. The number of hydrogen-bond donors (Lipinski definition) is 1. The molecule has 1 saturated heterocycles. The molecule has 1 aromatic carbocycles. The predicted molar refractivity (Wildman–Crippen MR) is 81.9 cm³/mol. The van der Waals surface area contributed by atoms with Gasteiger partial charge < -0.3 is 14.4 Å². The normalized spacial score (nSPS) is 21.8. The van der Waals surface area contributed by atoms with Crippen molar-refractivity contribution in [3.63, 3.8) is 0 Å². The van der Waals surface area contributed by atoms with E-state index in [0.717, 1.165) is 24.7 Å². The summed E-state index contributed by atoms with van der Waals surface area (Å²) in [7, 11) is 1.39. The van der Waals surface area contributed by atoms with Gasteiger partial charge in [-0.1, -0.05) is 6.92 Å². The molecule has 0 amide bonds. The van der Waals surface area contributed by atoms with Gasteiger partial charge in [0, 0.05) is 12.3 Å². The Morgan fingerprint density at radius 3 is 2.76 bits per heavy atom. The van der Waals surface area contributed by atoms with Crippen LogP contribution in [0.2, 0.25) is 0 Å². The molecule has 1 fully saturated rings. The van der Waals surface area contributed by atoms with Crippen LogP contribution in [-0.4, -0.2) is 39.3 Å². The zero-order chi connectivity index (χ0) is 15.1. The van der Waals surface area contributed by atoms with Crippen molar-refractivity contribution in [2.24, 2.45) is 5.92 Å². The Balaban J connectivity index is 1.67. The van der Waals surface area contributed by atoms with E-state index in [1.54, 1.807) is 17.0 Å². The Morgan fingerprint density at radius 1 is 1.33 bits per heavy atom. The molecular weight excluding hydrogens is 266 g/mol. The highest BCUT2D eigenvalue weighted by atomic mass is 16.5. The van der Waals surface area contributed by atoms with E-state index < -0.39 is 0 Å². The molecule has 1 unspecified atom stereocenters. The summed E-state index contributed by atoms with van der Waals surface area (Å²) < 4.78 is 10.4. The number of methoxy groups -OCH3 is 1. The lowest BCUT2D eigenvalue weighted by Gasteiger charge is -2.27. The van der Waals surface area contributed by atoms with Crippen LogP contribution < -0.4 is 9.64 Å². The van der Waals surface area contributed by atoms with Crippen LogP contribution in [0.15, 0.2) is 24.3 Å². The first kappa shape index (κ1) is 15.8. The lowest BCUT2D eigenvalue weighted by molar-refractivity contribution is -0.908. The number of carbonyl (C=O) groups excluding carboxylic acids is 1. The number of carbonyl (C=O) groups is 1. The third kappa shape index (κ3) is 5.05. The highest BCUT2D eigenvalue weighted by Gasteiger charge is 2.18. The van der Waals surface area contributed by atoms with Crippen molar-refractivity contribution in [1.29, 1.82) is 0 Å². The average Bonchev–Trinajstić information content (AvgIpc) is 2.51. The van der Waals surface area contributed by atoms with Crippen molar-refractivity contribution in [3.05, 3.63) is 29.8 Å². The van der Waals surface area contributed by atoms with Crippen LogP contribution in [0.4, 0.5) is 0 Å². The number of esters is 1. The fraction of sp³-hybridized carbons (Fsp3) is 0.588. The van der Waals surface area contributed by atoms with Crippen LogP contribution in [0.3, 0.4) is 0 Å². The summed E-state index contributed by atoms with van der Waals surface area (Å²) in [5.74, 6) is 1.36. The SMILES string of the molecule is COC(=O)c1ccc(OCCC[NH+]2CCC[C@@H](C)C2)cc1. The van der Waals surface area contributed by atoms with Gasteiger partial charge in [-0.2, -0.15) is 0 Å². The number of nitrogens with one attached hydrogen (secondary N) is 1. The molecule has 0 saturated carbocycles. The van der Waals surface area contributed by atoms with E-state index in [9.17, 15) is 4.79 Å². The second-order valence-electron chi connectivity index (χ2n) is 5.92. The Bertz CT molecular complexity index is 444. The van der Waals surface area contributed by atoms with E-state index in [1.165, 1.54) is 39.6 Å². The number of hydrogen-bond acceptors (Lipinski definition) is 3. The fourth-order valence-electron chi connectivity index (χ4n) is 2.94. The van der Waals surface area contributed by atoms with Crippen molar-refractivity contribution >= 4 is 5.97 Å². The van der Waals surface area contributed by atoms with Crippen molar-refractivity contribution < 1.29 is 19.2 Å². The number of benzene rings is 1. The number of rotatable bonds is 6. The number of likely N-dealkylation sites (tertiary alicyclic amines) is 1. The Labute approximate surface area is 127 Å². The maximum absolute atomic E-state index is 11.3. The quantitative estimate of drug-likeness (QED) is 0.639. The minimum Gasteiger partial charge on any atom is -0.493 e. The highest BCUT2D eigenvalue weighted by Crippen LogP contribution is 2.13. The molecule has 0 radical (unpaired) electrons. The monoisotopic (exact) mass is 292 g/mol. The van der Waals surface area contributed by atoms with Crippen molar-refractivity contribution in [1.82, 2.24) is 0 Å². The Kier molecular flexibility index (Phi) is 6.05. The number of piperidine rings is 1. The predicted octanol–water partition coefficient (Wildman–Crippen LogP) is 1.56. The number of quaternary nitrogens is 1. The van der Waals surface area contributed by atoms with Gasteiger partial charge in [0.15, 0.2) is 0 Å². The van der Waals surface area contributed by atoms with Gasteiger partial charge in [-0.05, 0) is 37.1 Å². The summed E-state index contributed by atoms with van der Waals surface area (Å²) in [6, 6.07) is 7.11. The average molecular weight is 292 g/mol. The largest absolute Gasteiger partial charge is 0.493 e. The number of ether oxygens (including phenoxy) is 2. The zero-order valence-corrected chi connectivity index (χ0v) is 13.1. The van der Waals surface area contributed by atoms with E-state index in [-0.39, 0.29) is 5.97 Å². The fourth-order valence-corrected chi connectivity index (χ4v) is 2.94. The zero-order valence-electron chi connectivity index (χ0n) is 13.1. The van der Waals surface area contributed by atoms with Gasteiger partial charge in [-0.3, -0.25) is 0 Å². The first-order valence-electron chi connectivity index (χ1n) is 7.84. The van der Waals surface area contributed by atoms with Crippen molar-refractivity contribution in [3.8, 4) is 5.75 Å². The maximum Gasteiger partial charge on any atom is 0.337 e. The summed E-state index contributed by atoms with van der Waals surface area (Å²) in [4.78, 5) is 13.0. The van der Waals surface area contributed by atoms with Gasteiger partial charge in [0.2, 0.25) is 0 Å². The minimum atomic E-state index is -0.315. The highest BCUT2D eigenvalue weighted by molar-refractivity contribution is 5.89. The summed E-state index contributed by atoms with van der Waals surface area (Å²) >= 11 is 0. The molecule has 2 rings (SSSR count). The molecule has 116 valence electrons. The molecule has 0 bridgehead atoms. The smallest absolute Gasteiger partial charge is 0.337 e. The summed E-state index contributed by atoms with van der Waals surface area (Å²) in [6.45, 7) is 6.87. The van der Waals surface area contributed by atoms with Crippen LogP contribution in [0, 0.1) is 5.92 Å². The van der Waals surface area contributed by atoms with Gasteiger partial charge in [-0.25, -0.2) is 4.79 Å². The standard InChI is InChI=1S/C17H25NO3/c1-14-5-3-10-18(13-14)11-4-12-21-16-8-6-15(7-9-16)17(19)20-2/h6-9,14H,3-5,10-13H2,1-2H3/p+1/t14-/m1/s1. The van der Waals surface area contributed by atoms with Gasteiger partial charge in [0.25, 0.3) is 0 Å². The molecule has 1 aliphatic heterocycles. The third-order valence-electron chi connectivity index (χ3n) is 4.08. The topological polar surface area (TPSA) is 40.0 Å². The van der Waals surface area contributed by atoms with Crippen LogP contribution in [0.25, 0.3) is 0 Å². The molecule has 4 heteroatoms. The maximum atomic E-state index is 11.3.